The van der Waals surface area contributed by atoms with Gasteiger partial charge in [0.15, 0.2) is 6.29 Å². The zero-order chi connectivity index (χ0) is 39.9. The number of carbonyl (C=O) groups excluding carboxylic acids is 1. The molecule has 1 heteroatoms. The molecule has 3 aromatic carbocycles. The van der Waals surface area contributed by atoms with E-state index in [-0.39, 0.29) is 0 Å². The molecule has 0 saturated heterocycles. The van der Waals surface area contributed by atoms with Gasteiger partial charge in [0, 0.05) is 5.56 Å². The second-order valence-corrected chi connectivity index (χ2v) is 18.2. The van der Waals surface area contributed by atoms with Crippen molar-refractivity contribution >= 4 is 27.8 Å². The van der Waals surface area contributed by atoms with Crippen LogP contribution in [0.3, 0.4) is 0 Å². The number of hydrogen-bond donors (Lipinski definition) is 0. The summed E-state index contributed by atoms with van der Waals surface area (Å²) in [4.78, 5) is 13.4. The van der Waals surface area contributed by atoms with Crippen LogP contribution in [0, 0.1) is 11.8 Å². The van der Waals surface area contributed by atoms with Gasteiger partial charge in [0.25, 0.3) is 0 Å². The molecule has 0 heterocycles. The zero-order valence-electron chi connectivity index (χ0n) is 37.7. The molecule has 1 nitrogen and oxygen atoms in total. The highest BCUT2D eigenvalue weighted by Crippen LogP contribution is 2.35. The summed E-state index contributed by atoms with van der Waals surface area (Å²) in [6.45, 7) is 9.28. The van der Waals surface area contributed by atoms with Crippen LogP contribution in [-0.2, 0) is 12.8 Å². The highest BCUT2D eigenvalue weighted by molar-refractivity contribution is 6.06. The summed E-state index contributed by atoms with van der Waals surface area (Å²) in [5.41, 5.74) is 3.94. The Bertz CT molecular complexity index is 1400. The van der Waals surface area contributed by atoms with Gasteiger partial charge in [0.1, 0.15) is 0 Å². The van der Waals surface area contributed by atoms with Gasteiger partial charge in [-0.3, -0.25) is 4.79 Å². The lowest BCUT2D eigenvalue weighted by Gasteiger charge is -2.25. The Morgan fingerprint density at radius 3 is 1.16 bits per heavy atom. The SMILES string of the molecule is CCCCCCCCCCC(CCCCCCCC)Cc1cc2cc3ccccc3cc2c(C=O)c1CC(CCCCCCCC)CCCCCCCCCC. The predicted molar refractivity (Wildman–Crippen MR) is 252 cm³/mol. The van der Waals surface area contributed by atoms with Crippen molar-refractivity contribution in [1.29, 1.82) is 0 Å². The summed E-state index contributed by atoms with van der Waals surface area (Å²) in [5, 5.41) is 4.98. The Balaban J connectivity index is 1.89. The van der Waals surface area contributed by atoms with E-state index in [0.29, 0.717) is 11.8 Å². The highest BCUT2D eigenvalue weighted by Gasteiger charge is 2.21. The van der Waals surface area contributed by atoms with Crippen LogP contribution in [0.4, 0.5) is 0 Å². The van der Waals surface area contributed by atoms with Crippen LogP contribution in [0.15, 0.2) is 42.5 Å². The molecule has 0 saturated carbocycles. The van der Waals surface area contributed by atoms with Crippen molar-refractivity contribution in [2.75, 3.05) is 0 Å². The Hall–Kier alpha value is -2.15. The van der Waals surface area contributed by atoms with Gasteiger partial charge < -0.3 is 0 Å². The van der Waals surface area contributed by atoms with Crippen molar-refractivity contribution in [2.45, 2.75) is 246 Å². The number of unbranched alkanes of at least 4 members (excludes halogenated alkanes) is 24. The van der Waals surface area contributed by atoms with Crippen molar-refractivity contribution in [3.63, 3.8) is 0 Å². The topological polar surface area (TPSA) is 17.1 Å². The van der Waals surface area contributed by atoms with E-state index < -0.39 is 0 Å². The van der Waals surface area contributed by atoms with Crippen molar-refractivity contribution in [1.82, 2.24) is 0 Å². The lowest BCUT2D eigenvalue weighted by Crippen LogP contribution is -2.13. The first-order valence-electron chi connectivity index (χ1n) is 25.1. The van der Waals surface area contributed by atoms with Gasteiger partial charge in [-0.25, -0.2) is 0 Å². The van der Waals surface area contributed by atoms with Crippen LogP contribution >= 0.6 is 0 Å². The number of carbonyl (C=O) groups is 1. The van der Waals surface area contributed by atoms with Crippen LogP contribution in [0.2, 0.25) is 0 Å². The zero-order valence-corrected chi connectivity index (χ0v) is 37.7. The monoisotopic (exact) mass is 767 g/mol. The van der Waals surface area contributed by atoms with Crippen molar-refractivity contribution in [2.24, 2.45) is 11.8 Å². The van der Waals surface area contributed by atoms with E-state index in [0.717, 1.165) is 18.4 Å². The third kappa shape index (κ3) is 19.5. The van der Waals surface area contributed by atoms with Gasteiger partial charge in [-0.1, -0.05) is 263 Å². The Morgan fingerprint density at radius 2 is 0.768 bits per heavy atom. The Morgan fingerprint density at radius 1 is 0.411 bits per heavy atom. The fourth-order valence-corrected chi connectivity index (χ4v) is 9.64. The Labute approximate surface area is 348 Å². The van der Waals surface area contributed by atoms with E-state index >= 15 is 0 Å². The second kappa shape index (κ2) is 31.8. The molecule has 2 unspecified atom stereocenters. The first kappa shape index (κ1) is 48.2. The molecule has 0 aromatic heterocycles. The maximum absolute atomic E-state index is 13.4. The maximum Gasteiger partial charge on any atom is 0.150 e. The molecule has 3 aromatic rings. The van der Waals surface area contributed by atoms with Gasteiger partial charge in [0.05, 0.1) is 0 Å². The summed E-state index contributed by atoms with van der Waals surface area (Å²) in [5.74, 6) is 1.38. The highest BCUT2D eigenvalue weighted by atomic mass is 16.1. The van der Waals surface area contributed by atoms with Crippen molar-refractivity contribution < 1.29 is 4.79 Å². The van der Waals surface area contributed by atoms with Crippen LogP contribution in [0.25, 0.3) is 21.5 Å². The molecule has 0 aliphatic rings. The number of aldehydes is 1. The quantitative estimate of drug-likeness (QED) is 0.0324. The molecule has 2 atom stereocenters. The molecular formula is C55H90O. The van der Waals surface area contributed by atoms with E-state index in [1.165, 1.54) is 244 Å². The lowest BCUT2D eigenvalue weighted by molar-refractivity contribution is 0.112. The van der Waals surface area contributed by atoms with Gasteiger partial charge in [-0.15, -0.1) is 0 Å². The molecule has 0 N–H and O–H groups in total. The van der Waals surface area contributed by atoms with E-state index in [1.807, 2.05) is 0 Å². The molecule has 0 aliphatic carbocycles. The van der Waals surface area contributed by atoms with Gasteiger partial charge in [-0.05, 0) is 69.5 Å². The molecule has 0 radical (unpaired) electrons. The molecule has 3 rings (SSSR count). The summed E-state index contributed by atoms with van der Waals surface area (Å²) in [7, 11) is 0. The van der Waals surface area contributed by atoms with Crippen LogP contribution in [0.5, 0.6) is 0 Å². The molecule has 0 aliphatic heterocycles. The second-order valence-electron chi connectivity index (χ2n) is 18.2. The predicted octanol–water partition coefficient (Wildman–Crippen LogP) is 18.7. The molecule has 0 fully saturated rings. The Kier molecular flexibility index (Phi) is 27.4. The summed E-state index contributed by atoms with van der Waals surface area (Å²) < 4.78 is 0. The first-order chi connectivity index (χ1) is 27.6. The van der Waals surface area contributed by atoms with E-state index in [1.54, 1.807) is 0 Å². The lowest BCUT2D eigenvalue weighted by atomic mass is 9.80. The van der Waals surface area contributed by atoms with Gasteiger partial charge >= 0.3 is 0 Å². The molecule has 56 heavy (non-hydrogen) atoms. The number of fused-ring (bicyclic) bond motifs is 2. The van der Waals surface area contributed by atoms with Crippen LogP contribution < -0.4 is 0 Å². The standard InChI is InChI=1S/C55H90O/c1-5-9-13-17-21-23-27-30-36-47(35-29-25-19-15-11-7-3)41-51-44-52-43-49-39-33-34-40-50(49)45-54(52)55(46-56)53(51)42-48(37-31-26-20-16-12-8-4)38-32-28-24-22-18-14-10-6-2/h33-34,39-40,43-48H,5-32,35-38,41-42H2,1-4H3. The summed E-state index contributed by atoms with van der Waals surface area (Å²) >= 11 is 0. The summed E-state index contributed by atoms with van der Waals surface area (Å²) in [6, 6.07) is 16.0. The van der Waals surface area contributed by atoms with E-state index in [4.69, 9.17) is 0 Å². The van der Waals surface area contributed by atoms with E-state index in [2.05, 4.69) is 70.2 Å². The molecule has 0 amide bonds. The average Bonchev–Trinajstić information content (AvgIpc) is 3.21. The maximum atomic E-state index is 13.4. The minimum atomic E-state index is 0.668. The third-order valence-electron chi connectivity index (χ3n) is 13.2. The number of benzene rings is 3. The first-order valence-corrected chi connectivity index (χ1v) is 25.1. The average molecular weight is 767 g/mol. The minimum Gasteiger partial charge on any atom is -0.298 e. The third-order valence-corrected chi connectivity index (χ3v) is 13.2. The molecule has 316 valence electrons. The fourth-order valence-electron chi connectivity index (χ4n) is 9.64. The number of hydrogen-bond acceptors (Lipinski definition) is 1. The number of rotatable bonds is 37. The van der Waals surface area contributed by atoms with Crippen LogP contribution in [-0.4, -0.2) is 6.29 Å². The molecule has 0 bridgehead atoms. The molecular weight excluding hydrogens is 677 g/mol. The molecule has 0 spiro atoms. The van der Waals surface area contributed by atoms with Crippen molar-refractivity contribution in [3.05, 3.63) is 59.2 Å². The normalized spacial score (nSPS) is 12.9. The summed E-state index contributed by atoms with van der Waals surface area (Å²) in [6.07, 6.45) is 47.3. The minimum absolute atomic E-state index is 0.668. The van der Waals surface area contributed by atoms with Crippen molar-refractivity contribution in [3.8, 4) is 0 Å². The largest absolute Gasteiger partial charge is 0.298 e. The van der Waals surface area contributed by atoms with E-state index in [9.17, 15) is 4.79 Å². The van der Waals surface area contributed by atoms with Gasteiger partial charge in [0.2, 0.25) is 0 Å². The fraction of sp³-hybridized carbons (Fsp3) is 0.727. The smallest absolute Gasteiger partial charge is 0.150 e. The van der Waals surface area contributed by atoms with Gasteiger partial charge in [-0.2, -0.15) is 0 Å². The van der Waals surface area contributed by atoms with Crippen LogP contribution in [0.1, 0.15) is 255 Å².